The minimum absolute atomic E-state index is 0.687. The van der Waals surface area contributed by atoms with Crippen LogP contribution < -0.4 is 4.90 Å². The van der Waals surface area contributed by atoms with Crippen molar-refractivity contribution in [2.24, 2.45) is 5.92 Å². The fraction of sp³-hybridized carbons (Fsp3) is 0.435. The molecular weight excluding hydrogens is 404 g/mol. The number of morpholine rings is 1. The quantitative estimate of drug-likeness (QED) is 0.465. The van der Waals surface area contributed by atoms with Gasteiger partial charge in [0.25, 0.3) is 0 Å². The van der Waals surface area contributed by atoms with E-state index < -0.39 is 0 Å². The van der Waals surface area contributed by atoms with Crippen molar-refractivity contribution in [1.82, 2.24) is 34.3 Å². The molecule has 0 N–H and O–H groups in total. The Labute approximate surface area is 186 Å². The van der Waals surface area contributed by atoms with E-state index >= 15 is 0 Å². The minimum Gasteiger partial charge on any atom is -0.378 e. The average Bonchev–Trinajstić information content (AvgIpc) is 3.40. The van der Waals surface area contributed by atoms with Crippen LogP contribution in [0.4, 0.5) is 5.82 Å². The van der Waals surface area contributed by atoms with Crippen molar-refractivity contribution < 1.29 is 4.74 Å². The average molecular weight is 431 g/mol. The highest BCUT2D eigenvalue weighted by Crippen LogP contribution is 2.34. The number of nitrogens with zero attached hydrogens (tertiary/aromatic N) is 8. The molecule has 4 aromatic heterocycles. The molecule has 9 heteroatoms. The predicted octanol–water partition coefficient (Wildman–Crippen LogP) is 3.02. The van der Waals surface area contributed by atoms with Gasteiger partial charge in [-0.3, -0.25) is 9.67 Å². The number of pyridine rings is 1. The SMILES string of the molecule is CCn1c(-c2ccncc2)nc2c(N3CCOCC3)nc(-c3ccnn3CC3CC3)nc21. The molecule has 0 bridgehead atoms. The number of aromatic nitrogens is 7. The third-order valence-electron chi connectivity index (χ3n) is 6.22. The van der Waals surface area contributed by atoms with E-state index in [1.54, 1.807) is 12.4 Å². The molecule has 6 rings (SSSR count). The second kappa shape index (κ2) is 7.98. The monoisotopic (exact) mass is 430 g/mol. The molecule has 164 valence electrons. The van der Waals surface area contributed by atoms with E-state index in [1.807, 2.05) is 24.4 Å². The Kier molecular flexibility index (Phi) is 4.83. The van der Waals surface area contributed by atoms with Crippen LogP contribution in [-0.2, 0) is 17.8 Å². The topological polar surface area (TPSA) is 86.8 Å². The van der Waals surface area contributed by atoms with Crippen LogP contribution in [0, 0.1) is 5.92 Å². The van der Waals surface area contributed by atoms with Gasteiger partial charge in [0.15, 0.2) is 22.8 Å². The van der Waals surface area contributed by atoms with Crippen LogP contribution in [0.25, 0.3) is 34.1 Å². The predicted molar refractivity (Wildman–Crippen MR) is 121 cm³/mol. The van der Waals surface area contributed by atoms with Gasteiger partial charge in [-0.25, -0.2) is 15.0 Å². The van der Waals surface area contributed by atoms with Crippen molar-refractivity contribution in [3.63, 3.8) is 0 Å². The molecule has 5 heterocycles. The summed E-state index contributed by atoms with van der Waals surface area (Å²) in [4.78, 5) is 21.5. The van der Waals surface area contributed by atoms with Crippen LogP contribution in [0.2, 0.25) is 0 Å². The van der Waals surface area contributed by atoms with E-state index in [0.29, 0.717) is 19.0 Å². The number of hydrogen-bond donors (Lipinski definition) is 0. The number of imidazole rings is 1. The molecule has 0 atom stereocenters. The summed E-state index contributed by atoms with van der Waals surface area (Å²) in [6, 6.07) is 5.99. The Bertz CT molecular complexity index is 1240. The second-order valence-electron chi connectivity index (χ2n) is 8.40. The van der Waals surface area contributed by atoms with Crippen LogP contribution >= 0.6 is 0 Å². The maximum atomic E-state index is 5.59. The summed E-state index contributed by atoms with van der Waals surface area (Å²) in [5.41, 5.74) is 3.67. The molecule has 0 spiro atoms. The largest absolute Gasteiger partial charge is 0.378 e. The van der Waals surface area contributed by atoms with Crippen molar-refractivity contribution in [2.75, 3.05) is 31.2 Å². The molecule has 4 aromatic rings. The van der Waals surface area contributed by atoms with Crippen molar-refractivity contribution >= 4 is 17.0 Å². The molecule has 0 radical (unpaired) electrons. The highest BCUT2D eigenvalue weighted by Gasteiger charge is 2.26. The normalized spacial score (nSPS) is 16.7. The lowest BCUT2D eigenvalue weighted by atomic mass is 10.2. The zero-order valence-corrected chi connectivity index (χ0v) is 18.2. The number of aryl methyl sites for hydroxylation is 1. The van der Waals surface area contributed by atoms with Crippen LogP contribution in [0.1, 0.15) is 19.8 Å². The third kappa shape index (κ3) is 3.42. The van der Waals surface area contributed by atoms with E-state index in [9.17, 15) is 0 Å². The highest BCUT2D eigenvalue weighted by molar-refractivity contribution is 5.88. The van der Waals surface area contributed by atoms with Crippen molar-refractivity contribution in [3.8, 4) is 22.9 Å². The second-order valence-corrected chi connectivity index (χ2v) is 8.40. The number of ether oxygens (including phenoxy) is 1. The smallest absolute Gasteiger partial charge is 0.182 e. The summed E-state index contributed by atoms with van der Waals surface area (Å²) in [5.74, 6) is 3.18. The summed E-state index contributed by atoms with van der Waals surface area (Å²) in [7, 11) is 0. The van der Waals surface area contributed by atoms with Gasteiger partial charge < -0.3 is 14.2 Å². The highest BCUT2D eigenvalue weighted by atomic mass is 16.5. The number of fused-ring (bicyclic) bond motifs is 1. The van der Waals surface area contributed by atoms with E-state index in [1.165, 1.54) is 12.8 Å². The van der Waals surface area contributed by atoms with Gasteiger partial charge >= 0.3 is 0 Å². The number of hydrogen-bond acceptors (Lipinski definition) is 7. The summed E-state index contributed by atoms with van der Waals surface area (Å²) in [6.07, 6.45) is 7.99. The lowest BCUT2D eigenvalue weighted by molar-refractivity contribution is 0.122. The standard InChI is InChI=1S/C23H26N8O/c1-2-30-21(17-5-8-24-9-6-17)26-19-22(29-11-13-32-14-12-29)27-20(28-23(19)30)18-7-10-25-31(18)15-16-3-4-16/h5-10,16H,2-4,11-15H2,1H3. The maximum Gasteiger partial charge on any atom is 0.182 e. The van der Waals surface area contributed by atoms with Gasteiger partial charge in [0.2, 0.25) is 0 Å². The number of anilines is 1. The molecular formula is C23H26N8O. The summed E-state index contributed by atoms with van der Waals surface area (Å²) in [5, 5.41) is 4.56. The Morgan fingerprint density at radius 3 is 2.56 bits per heavy atom. The lowest BCUT2D eigenvalue weighted by Crippen LogP contribution is -2.37. The fourth-order valence-electron chi connectivity index (χ4n) is 4.33. The Hall–Kier alpha value is -3.33. The summed E-state index contributed by atoms with van der Waals surface area (Å²) < 4.78 is 9.82. The van der Waals surface area contributed by atoms with Crippen LogP contribution in [0.3, 0.4) is 0 Å². The summed E-state index contributed by atoms with van der Waals surface area (Å²) in [6.45, 7) is 6.75. The van der Waals surface area contributed by atoms with Gasteiger partial charge in [-0.2, -0.15) is 5.10 Å². The van der Waals surface area contributed by atoms with Gasteiger partial charge in [-0.15, -0.1) is 0 Å². The van der Waals surface area contributed by atoms with E-state index in [4.69, 9.17) is 19.7 Å². The van der Waals surface area contributed by atoms with Gasteiger partial charge in [-0.05, 0) is 43.9 Å². The first kappa shape index (κ1) is 19.4. The molecule has 0 amide bonds. The Morgan fingerprint density at radius 2 is 1.81 bits per heavy atom. The van der Waals surface area contributed by atoms with E-state index in [0.717, 1.165) is 66.2 Å². The molecule has 2 aliphatic rings. The molecule has 0 unspecified atom stereocenters. The molecule has 1 saturated carbocycles. The van der Waals surface area contributed by atoms with Gasteiger partial charge in [0, 0.05) is 50.3 Å². The van der Waals surface area contributed by atoms with Crippen LogP contribution in [-0.4, -0.2) is 60.6 Å². The Morgan fingerprint density at radius 1 is 1.00 bits per heavy atom. The van der Waals surface area contributed by atoms with Crippen molar-refractivity contribution in [1.29, 1.82) is 0 Å². The van der Waals surface area contributed by atoms with Crippen molar-refractivity contribution in [3.05, 3.63) is 36.8 Å². The summed E-state index contributed by atoms with van der Waals surface area (Å²) >= 11 is 0. The van der Waals surface area contributed by atoms with Crippen LogP contribution in [0.5, 0.6) is 0 Å². The molecule has 1 saturated heterocycles. The molecule has 1 aliphatic carbocycles. The molecule has 32 heavy (non-hydrogen) atoms. The van der Waals surface area contributed by atoms with Crippen molar-refractivity contribution in [2.45, 2.75) is 32.9 Å². The van der Waals surface area contributed by atoms with Gasteiger partial charge in [0.1, 0.15) is 11.5 Å². The molecule has 9 nitrogen and oxygen atoms in total. The molecule has 0 aromatic carbocycles. The van der Waals surface area contributed by atoms with Crippen LogP contribution in [0.15, 0.2) is 36.8 Å². The first-order valence-corrected chi connectivity index (χ1v) is 11.4. The molecule has 1 aliphatic heterocycles. The third-order valence-corrected chi connectivity index (χ3v) is 6.22. The fourth-order valence-corrected chi connectivity index (χ4v) is 4.33. The minimum atomic E-state index is 0.687. The van der Waals surface area contributed by atoms with Gasteiger partial charge in [-0.1, -0.05) is 0 Å². The Balaban J connectivity index is 1.56. The zero-order valence-electron chi connectivity index (χ0n) is 18.2. The zero-order chi connectivity index (χ0) is 21.5. The first-order chi connectivity index (χ1) is 15.8. The van der Waals surface area contributed by atoms with Gasteiger partial charge in [0.05, 0.1) is 13.2 Å². The maximum absolute atomic E-state index is 5.59. The van der Waals surface area contributed by atoms with E-state index in [-0.39, 0.29) is 0 Å². The molecule has 2 fully saturated rings. The number of rotatable bonds is 6. The lowest BCUT2D eigenvalue weighted by Gasteiger charge is -2.28. The first-order valence-electron chi connectivity index (χ1n) is 11.4. The van der Waals surface area contributed by atoms with E-state index in [2.05, 4.69) is 31.2 Å².